The number of halogens is 2. The highest BCUT2D eigenvalue weighted by molar-refractivity contribution is 5.81. The van der Waals surface area contributed by atoms with E-state index >= 15 is 8.78 Å². The van der Waals surface area contributed by atoms with E-state index in [1.165, 1.54) is 56.6 Å². The van der Waals surface area contributed by atoms with Crippen molar-refractivity contribution < 1.29 is 8.78 Å². The molecule has 0 heterocycles. The third-order valence-corrected chi connectivity index (χ3v) is 11.3. The summed E-state index contributed by atoms with van der Waals surface area (Å²) in [6.07, 6.45) is 0. The van der Waals surface area contributed by atoms with Gasteiger partial charge in [-0.25, -0.2) is 8.78 Å². The SMILES string of the molecule is Cc1ccc(C)c2c1C1c3ccccc3C2(C#CC23c4ccccc4C(c4ccccc42)c2c(F)ccc(F)c23)c2ccccc21. The quantitative estimate of drug-likeness (QED) is 0.154. The van der Waals surface area contributed by atoms with Crippen molar-refractivity contribution in [3.05, 3.63) is 211 Å². The van der Waals surface area contributed by atoms with Gasteiger partial charge >= 0.3 is 0 Å². The standard InChI is InChI=1S/C44H28F2/c1-25-19-20-26(2)41-37(25)38-27-11-3-7-15-31(27)43(41,32-16-8-4-12-28(32)38)23-24-44-33-17-9-5-13-29(33)39(30-14-6-10-18-34(30)44)40-35(45)21-22-36(46)42(40)44/h3-22,38-39H,1-2H3. The topological polar surface area (TPSA) is 0 Å². The van der Waals surface area contributed by atoms with Crippen molar-refractivity contribution in [2.45, 2.75) is 36.5 Å². The molecule has 6 aromatic rings. The molecular weight excluding hydrogens is 566 g/mol. The summed E-state index contributed by atoms with van der Waals surface area (Å²) in [5.74, 6) is 6.75. The first-order valence-electron chi connectivity index (χ1n) is 16.0. The van der Waals surface area contributed by atoms with Crippen molar-refractivity contribution in [1.29, 1.82) is 0 Å². The number of hydrogen-bond acceptors (Lipinski definition) is 0. The van der Waals surface area contributed by atoms with Crippen LogP contribution in [0, 0.1) is 37.3 Å². The summed E-state index contributed by atoms with van der Waals surface area (Å²) in [5, 5.41) is 0. The Morgan fingerprint density at radius 1 is 0.435 bits per heavy atom. The minimum Gasteiger partial charge on any atom is -0.207 e. The number of aryl methyl sites for hydroxylation is 2. The third kappa shape index (κ3) is 2.83. The maximum atomic E-state index is 16.5. The van der Waals surface area contributed by atoms with Gasteiger partial charge in [0, 0.05) is 23.0 Å². The zero-order valence-corrected chi connectivity index (χ0v) is 25.5. The van der Waals surface area contributed by atoms with Crippen molar-refractivity contribution in [3.63, 3.8) is 0 Å². The lowest BCUT2D eigenvalue weighted by Crippen LogP contribution is -2.45. The fourth-order valence-electron chi connectivity index (χ4n) is 9.66. The second kappa shape index (κ2) is 8.71. The summed E-state index contributed by atoms with van der Waals surface area (Å²) in [4.78, 5) is 0. The van der Waals surface area contributed by atoms with Gasteiger partial charge in [0.15, 0.2) is 0 Å². The smallest absolute Gasteiger partial charge is 0.129 e. The van der Waals surface area contributed by atoms with Gasteiger partial charge in [-0.3, -0.25) is 0 Å². The molecule has 0 saturated carbocycles. The second-order valence-corrected chi connectivity index (χ2v) is 13.3. The van der Waals surface area contributed by atoms with Gasteiger partial charge in [-0.05, 0) is 92.7 Å². The van der Waals surface area contributed by atoms with Gasteiger partial charge in [0.1, 0.15) is 22.5 Å². The van der Waals surface area contributed by atoms with Crippen LogP contribution in [0.4, 0.5) is 8.78 Å². The number of hydrogen-bond donors (Lipinski definition) is 0. The van der Waals surface area contributed by atoms with Crippen LogP contribution in [0.1, 0.15) is 89.7 Å². The van der Waals surface area contributed by atoms with Gasteiger partial charge in [-0.2, -0.15) is 0 Å². The lowest BCUT2D eigenvalue weighted by atomic mass is 9.50. The summed E-state index contributed by atoms with van der Waals surface area (Å²) >= 11 is 0. The van der Waals surface area contributed by atoms with Crippen LogP contribution in [0.3, 0.4) is 0 Å². The molecule has 0 amide bonds. The molecule has 0 atom stereocenters. The van der Waals surface area contributed by atoms with Gasteiger partial charge in [-0.15, -0.1) is 0 Å². The van der Waals surface area contributed by atoms with Crippen LogP contribution >= 0.6 is 0 Å². The van der Waals surface area contributed by atoms with E-state index < -0.39 is 22.6 Å². The molecule has 0 fully saturated rings. The second-order valence-electron chi connectivity index (χ2n) is 13.3. The van der Waals surface area contributed by atoms with E-state index in [4.69, 9.17) is 0 Å². The summed E-state index contributed by atoms with van der Waals surface area (Å²) < 4.78 is 32.6. The maximum Gasteiger partial charge on any atom is 0.129 e. The Morgan fingerprint density at radius 2 is 0.826 bits per heavy atom. The van der Waals surface area contributed by atoms with E-state index in [1.807, 2.05) is 24.3 Å². The van der Waals surface area contributed by atoms with E-state index in [-0.39, 0.29) is 11.7 Å². The zero-order chi connectivity index (χ0) is 30.9. The normalized spacial score (nSPS) is 23.2. The first kappa shape index (κ1) is 26.0. The molecule has 218 valence electrons. The van der Waals surface area contributed by atoms with Crippen molar-refractivity contribution in [1.82, 2.24) is 0 Å². The monoisotopic (exact) mass is 594 g/mol. The van der Waals surface area contributed by atoms with Gasteiger partial charge in [-0.1, -0.05) is 121 Å². The Bertz CT molecular complexity index is 2140. The highest BCUT2D eigenvalue weighted by Gasteiger charge is 2.56. The minimum absolute atomic E-state index is 0.114. The molecule has 0 radical (unpaired) electrons. The first-order chi connectivity index (χ1) is 22.5. The number of rotatable bonds is 0. The molecule has 2 heteroatoms. The first-order valence-corrected chi connectivity index (χ1v) is 16.0. The third-order valence-electron chi connectivity index (χ3n) is 11.3. The molecule has 4 bridgehead atoms. The average Bonchev–Trinajstić information content (AvgIpc) is 3.10. The molecule has 6 aliphatic carbocycles. The zero-order valence-electron chi connectivity index (χ0n) is 25.5. The van der Waals surface area contributed by atoms with Crippen LogP contribution < -0.4 is 0 Å². The molecule has 0 N–H and O–H groups in total. The summed E-state index contributed by atoms with van der Waals surface area (Å²) in [6, 6.07) is 40.7. The fourth-order valence-corrected chi connectivity index (χ4v) is 9.66. The molecular formula is C44H28F2. The lowest BCUT2D eigenvalue weighted by Gasteiger charge is -2.50. The van der Waals surface area contributed by atoms with Gasteiger partial charge < -0.3 is 0 Å². The summed E-state index contributed by atoms with van der Waals surface area (Å²) in [5.41, 5.74) is 12.5. The predicted octanol–water partition coefficient (Wildman–Crippen LogP) is 9.57. The average molecular weight is 595 g/mol. The van der Waals surface area contributed by atoms with E-state index in [2.05, 4.69) is 111 Å². The molecule has 0 aromatic heterocycles. The van der Waals surface area contributed by atoms with E-state index in [0.717, 1.165) is 22.3 Å². The van der Waals surface area contributed by atoms with Crippen molar-refractivity contribution in [2.24, 2.45) is 0 Å². The number of benzene rings is 6. The molecule has 0 nitrogen and oxygen atoms in total. The van der Waals surface area contributed by atoms with Crippen LogP contribution in [-0.2, 0) is 10.8 Å². The molecule has 6 aliphatic rings. The Labute approximate surface area is 267 Å². The molecule has 12 rings (SSSR count). The Kier molecular flexibility index (Phi) is 4.93. The van der Waals surface area contributed by atoms with Crippen molar-refractivity contribution in [3.8, 4) is 11.8 Å². The predicted molar refractivity (Wildman–Crippen MR) is 177 cm³/mol. The largest absolute Gasteiger partial charge is 0.207 e. The molecule has 0 unspecified atom stereocenters. The fraction of sp³-hybridized carbons (Fsp3) is 0.136. The van der Waals surface area contributed by atoms with Crippen molar-refractivity contribution >= 4 is 0 Å². The van der Waals surface area contributed by atoms with E-state index in [0.29, 0.717) is 11.1 Å². The van der Waals surface area contributed by atoms with Crippen LogP contribution in [0.25, 0.3) is 0 Å². The highest BCUT2D eigenvalue weighted by Crippen LogP contribution is 2.63. The van der Waals surface area contributed by atoms with Crippen molar-refractivity contribution in [2.75, 3.05) is 0 Å². The van der Waals surface area contributed by atoms with Crippen LogP contribution in [0.15, 0.2) is 121 Å². The van der Waals surface area contributed by atoms with Crippen LogP contribution in [-0.4, -0.2) is 0 Å². The van der Waals surface area contributed by atoms with E-state index in [9.17, 15) is 0 Å². The van der Waals surface area contributed by atoms with Gasteiger partial charge in [0.25, 0.3) is 0 Å². The Balaban J connectivity index is 1.41. The van der Waals surface area contributed by atoms with Crippen LogP contribution in [0.2, 0.25) is 0 Å². The molecule has 46 heavy (non-hydrogen) atoms. The Morgan fingerprint density at radius 3 is 1.33 bits per heavy atom. The minimum atomic E-state index is -1.20. The summed E-state index contributed by atoms with van der Waals surface area (Å²) in [6.45, 7) is 4.39. The Hall–Kier alpha value is -5.26. The molecule has 6 aromatic carbocycles. The summed E-state index contributed by atoms with van der Waals surface area (Å²) in [7, 11) is 0. The van der Waals surface area contributed by atoms with Crippen LogP contribution in [0.5, 0.6) is 0 Å². The highest BCUT2D eigenvalue weighted by atomic mass is 19.1. The molecule has 0 aliphatic heterocycles. The maximum absolute atomic E-state index is 16.5. The molecule has 0 spiro atoms. The lowest BCUT2D eigenvalue weighted by molar-refractivity contribution is 0.523. The molecule has 0 saturated heterocycles. The van der Waals surface area contributed by atoms with E-state index in [1.54, 1.807) is 0 Å². The van der Waals surface area contributed by atoms with Gasteiger partial charge in [0.05, 0.1) is 0 Å². The van der Waals surface area contributed by atoms with Gasteiger partial charge in [0.2, 0.25) is 0 Å².